The molecule has 35 heavy (non-hydrogen) atoms. The molecule has 4 aromatic rings. The average Bonchev–Trinajstić information content (AvgIpc) is 3.44. The Hall–Kier alpha value is -3.87. The van der Waals surface area contributed by atoms with Gasteiger partial charge in [-0.15, -0.1) is 17.8 Å². The number of carbonyl (C=O) groups excluding carboxylic acids is 2. The lowest BCUT2D eigenvalue weighted by Crippen LogP contribution is -2.29. The molecule has 0 spiro atoms. The number of benzene rings is 1. The van der Waals surface area contributed by atoms with E-state index in [0.29, 0.717) is 11.4 Å². The number of fused-ring (bicyclic) bond motifs is 2. The molecule has 0 aliphatic heterocycles. The number of amides is 2. The summed E-state index contributed by atoms with van der Waals surface area (Å²) in [4.78, 5) is 32.0. The van der Waals surface area contributed by atoms with Crippen LogP contribution in [0.4, 0.5) is 16.2 Å². The van der Waals surface area contributed by atoms with Crippen LogP contribution < -0.4 is 10.6 Å². The van der Waals surface area contributed by atoms with E-state index in [1.807, 2.05) is 50.4 Å². The van der Waals surface area contributed by atoms with Gasteiger partial charge in [0.25, 0.3) is 5.91 Å². The number of aliphatic hydroxyl groups excluding tert-OH is 1. The van der Waals surface area contributed by atoms with Crippen LogP contribution in [-0.2, 0) is 0 Å². The van der Waals surface area contributed by atoms with Crippen molar-refractivity contribution < 1.29 is 14.7 Å². The summed E-state index contributed by atoms with van der Waals surface area (Å²) < 4.78 is 2.54. The number of aliphatic hydroxyl groups is 1. The predicted octanol–water partition coefficient (Wildman–Crippen LogP) is 4.58. The van der Waals surface area contributed by atoms with E-state index in [1.54, 1.807) is 15.7 Å². The Balaban J connectivity index is 0.00000167. The van der Waals surface area contributed by atoms with Gasteiger partial charge in [0.2, 0.25) is 0 Å². The van der Waals surface area contributed by atoms with Gasteiger partial charge in [-0.05, 0) is 49.7 Å². The van der Waals surface area contributed by atoms with Gasteiger partial charge in [0.05, 0.1) is 32.8 Å². The molecule has 0 fully saturated rings. The van der Waals surface area contributed by atoms with Crippen LogP contribution in [0, 0.1) is 19.3 Å². The lowest BCUT2D eigenvalue weighted by molar-refractivity contribution is 0.0800. The van der Waals surface area contributed by atoms with Crippen molar-refractivity contribution in [2.75, 3.05) is 32.6 Å². The number of nitrogens with zero attached hydrogens (tertiary/aromatic N) is 3. The van der Waals surface area contributed by atoms with Crippen LogP contribution in [0.5, 0.6) is 0 Å². The second-order valence-corrected chi connectivity index (χ2v) is 8.84. The molecule has 9 heteroatoms. The minimum absolute atomic E-state index is 0.00662. The fraction of sp³-hybridized carbons (Fsp3) is 0.269. The summed E-state index contributed by atoms with van der Waals surface area (Å²) in [5.41, 5.74) is 4.16. The SMILES string of the molecule is C#CCNC(=O)n1c(C)cc2cc(Nc3ccnc4cc(C(=O)N(C)CCC)sc34)ccc21.CO. The van der Waals surface area contributed by atoms with Gasteiger partial charge in [-0.3, -0.25) is 14.3 Å². The normalized spacial score (nSPS) is 10.4. The number of rotatable bonds is 6. The number of pyridine rings is 1. The molecule has 0 aliphatic carbocycles. The number of hydrogen-bond donors (Lipinski definition) is 3. The number of terminal acetylenes is 1. The summed E-state index contributed by atoms with van der Waals surface area (Å²) in [6.45, 7) is 4.82. The zero-order chi connectivity index (χ0) is 25.5. The van der Waals surface area contributed by atoms with Gasteiger partial charge in [0, 0.05) is 43.7 Å². The molecule has 0 saturated heterocycles. The van der Waals surface area contributed by atoms with Crippen molar-refractivity contribution in [3.63, 3.8) is 0 Å². The summed E-state index contributed by atoms with van der Waals surface area (Å²) in [5.74, 6) is 2.42. The van der Waals surface area contributed by atoms with Crippen molar-refractivity contribution in [2.24, 2.45) is 0 Å². The molecule has 3 heterocycles. The van der Waals surface area contributed by atoms with Crippen LogP contribution in [0.1, 0.15) is 28.7 Å². The smallest absolute Gasteiger partial charge is 0.327 e. The zero-order valence-corrected chi connectivity index (χ0v) is 21.1. The standard InChI is InChI=1S/C25H25N5O2S.CH4O/c1-5-10-27-25(32)30-16(3)13-17-14-18(7-8-21(17)30)28-19-9-11-26-20-15-22(33-23(19)20)24(31)29(4)12-6-2;1-2/h1,7-9,11,13-15H,6,10,12H2,2-4H3,(H,26,28)(H,27,32);2H,1H3. The first-order chi connectivity index (χ1) is 16.9. The number of hydrogen-bond acceptors (Lipinski definition) is 6. The molecule has 0 saturated carbocycles. The Morgan fingerprint density at radius 3 is 2.71 bits per heavy atom. The van der Waals surface area contributed by atoms with Gasteiger partial charge >= 0.3 is 6.03 Å². The predicted molar refractivity (Wildman–Crippen MR) is 143 cm³/mol. The number of nitrogens with one attached hydrogen (secondary N) is 2. The molecule has 3 N–H and O–H groups in total. The molecule has 0 bridgehead atoms. The maximum Gasteiger partial charge on any atom is 0.327 e. The summed E-state index contributed by atoms with van der Waals surface area (Å²) in [5, 5.41) is 14.1. The van der Waals surface area contributed by atoms with E-state index in [4.69, 9.17) is 11.5 Å². The number of carbonyl (C=O) groups is 2. The first-order valence-electron chi connectivity index (χ1n) is 11.1. The first kappa shape index (κ1) is 25.7. The molecule has 4 rings (SSSR count). The van der Waals surface area contributed by atoms with E-state index in [1.165, 1.54) is 11.3 Å². The fourth-order valence-corrected chi connectivity index (χ4v) is 4.91. The summed E-state index contributed by atoms with van der Waals surface area (Å²) in [7, 11) is 2.82. The Morgan fingerprint density at radius 1 is 1.23 bits per heavy atom. The molecule has 0 unspecified atom stereocenters. The first-order valence-corrected chi connectivity index (χ1v) is 11.9. The number of aromatic nitrogens is 2. The third kappa shape index (κ3) is 5.45. The van der Waals surface area contributed by atoms with Crippen LogP contribution in [-0.4, -0.2) is 58.7 Å². The van der Waals surface area contributed by atoms with Crippen LogP contribution in [0.2, 0.25) is 0 Å². The highest BCUT2D eigenvalue weighted by Crippen LogP contribution is 2.34. The lowest BCUT2D eigenvalue weighted by atomic mass is 10.2. The van der Waals surface area contributed by atoms with Gasteiger partial charge < -0.3 is 20.6 Å². The molecule has 1 aromatic carbocycles. The molecule has 3 aromatic heterocycles. The fourth-order valence-electron chi connectivity index (χ4n) is 3.83. The summed E-state index contributed by atoms with van der Waals surface area (Å²) >= 11 is 1.44. The average molecular weight is 492 g/mol. The van der Waals surface area contributed by atoms with E-state index < -0.39 is 0 Å². The highest BCUT2D eigenvalue weighted by molar-refractivity contribution is 7.21. The van der Waals surface area contributed by atoms with Gasteiger partial charge in [-0.1, -0.05) is 12.8 Å². The number of thiophene rings is 1. The molecule has 2 amide bonds. The van der Waals surface area contributed by atoms with Gasteiger partial charge in [-0.25, -0.2) is 4.79 Å². The number of anilines is 2. The van der Waals surface area contributed by atoms with Crippen LogP contribution in [0.25, 0.3) is 21.1 Å². The van der Waals surface area contributed by atoms with Crippen molar-refractivity contribution in [1.82, 2.24) is 19.8 Å². The largest absolute Gasteiger partial charge is 0.400 e. The highest BCUT2D eigenvalue weighted by atomic mass is 32.1. The topological polar surface area (TPSA) is 99.5 Å². The van der Waals surface area contributed by atoms with Crippen molar-refractivity contribution in [3.8, 4) is 12.3 Å². The van der Waals surface area contributed by atoms with E-state index in [0.717, 1.165) is 51.7 Å². The maximum absolute atomic E-state index is 12.7. The summed E-state index contributed by atoms with van der Waals surface area (Å²) in [6.07, 6.45) is 7.90. The van der Waals surface area contributed by atoms with Crippen molar-refractivity contribution in [3.05, 3.63) is 53.2 Å². The van der Waals surface area contributed by atoms with Crippen LogP contribution in [0.3, 0.4) is 0 Å². The Bertz CT molecular complexity index is 1400. The second-order valence-electron chi connectivity index (χ2n) is 7.79. The second kappa shape index (κ2) is 11.5. The van der Waals surface area contributed by atoms with Gasteiger partial charge in [0.1, 0.15) is 0 Å². The molecule has 182 valence electrons. The van der Waals surface area contributed by atoms with E-state index in [9.17, 15) is 9.59 Å². The van der Waals surface area contributed by atoms with E-state index >= 15 is 0 Å². The molecule has 8 nitrogen and oxygen atoms in total. The van der Waals surface area contributed by atoms with Crippen molar-refractivity contribution >= 4 is 55.8 Å². The Morgan fingerprint density at radius 2 is 2.00 bits per heavy atom. The van der Waals surface area contributed by atoms with Crippen molar-refractivity contribution in [2.45, 2.75) is 20.3 Å². The highest BCUT2D eigenvalue weighted by Gasteiger charge is 2.17. The quantitative estimate of drug-likeness (QED) is 0.343. The summed E-state index contributed by atoms with van der Waals surface area (Å²) in [6, 6.07) is 11.3. The number of aryl methyl sites for hydroxylation is 1. The van der Waals surface area contributed by atoms with Crippen LogP contribution in [0.15, 0.2) is 42.6 Å². The Labute approximate surface area is 208 Å². The van der Waals surface area contributed by atoms with E-state index in [2.05, 4.69) is 28.5 Å². The van der Waals surface area contributed by atoms with Crippen molar-refractivity contribution in [1.29, 1.82) is 0 Å². The maximum atomic E-state index is 12.7. The van der Waals surface area contributed by atoms with E-state index in [-0.39, 0.29) is 18.5 Å². The zero-order valence-electron chi connectivity index (χ0n) is 20.3. The third-order valence-electron chi connectivity index (χ3n) is 5.34. The minimum atomic E-state index is -0.249. The molecule has 0 radical (unpaired) electrons. The molecule has 0 atom stereocenters. The molecular formula is C26H29N5O3S. The third-order valence-corrected chi connectivity index (χ3v) is 6.48. The van der Waals surface area contributed by atoms with Gasteiger partial charge in [0.15, 0.2) is 0 Å². The Kier molecular flexibility index (Phi) is 8.47. The van der Waals surface area contributed by atoms with Gasteiger partial charge in [-0.2, -0.15) is 0 Å². The lowest BCUT2D eigenvalue weighted by Gasteiger charge is -2.14. The monoisotopic (exact) mass is 491 g/mol. The minimum Gasteiger partial charge on any atom is -0.400 e. The van der Waals surface area contributed by atoms with Crippen LogP contribution >= 0.6 is 11.3 Å². The molecular weight excluding hydrogens is 462 g/mol. The molecule has 0 aliphatic rings.